The van der Waals surface area contributed by atoms with Crippen molar-refractivity contribution >= 4 is 16.8 Å². The van der Waals surface area contributed by atoms with Gasteiger partial charge < -0.3 is 9.15 Å². The maximum atomic E-state index is 12.7. The second-order valence-electron chi connectivity index (χ2n) is 5.12. The maximum Gasteiger partial charge on any atom is 0.196 e. The van der Waals surface area contributed by atoms with Crippen LogP contribution in [0.5, 0.6) is 5.75 Å². The number of para-hydroxylation sites is 1. The van der Waals surface area contributed by atoms with E-state index in [-0.39, 0.29) is 5.78 Å². The Labute approximate surface area is 123 Å². The molecule has 106 valence electrons. The predicted octanol–water partition coefficient (Wildman–Crippen LogP) is 4.29. The van der Waals surface area contributed by atoms with Crippen molar-refractivity contribution in [2.24, 2.45) is 0 Å². The number of carbonyl (C=O) groups excluding carboxylic acids is 1. The molecular weight excluding hydrogens is 264 g/mol. The minimum Gasteiger partial charge on any atom is -0.496 e. The molecule has 3 heteroatoms. The standard InChI is InChI=1S/C18H16O3/c1-11-8-13(9-12(2)18(11)20-3)17(19)15-10-21-16-7-5-4-6-14(15)16/h4-10H,1-3H3. The van der Waals surface area contributed by atoms with Crippen LogP contribution in [0.1, 0.15) is 27.0 Å². The van der Waals surface area contributed by atoms with Gasteiger partial charge in [-0.15, -0.1) is 0 Å². The Kier molecular flexibility index (Phi) is 3.26. The molecule has 2 aromatic carbocycles. The number of ether oxygens (including phenoxy) is 1. The molecule has 1 heterocycles. The number of hydrogen-bond donors (Lipinski definition) is 0. The molecule has 0 aliphatic carbocycles. The van der Waals surface area contributed by atoms with Crippen LogP contribution in [-0.2, 0) is 0 Å². The molecule has 0 amide bonds. The van der Waals surface area contributed by atoms with Crippen molar-refractivity contribution in [2.75, 3.05) is 7.11 Å². The second-order valence-corrected chi connectivity index (χ2v) is 5.12. The average Bonchev–Trinajstić information content (AvgIpc) is 2.90. The van der Waals surface area contributed by atoms with Crippen LogP contribution in [0.3, 0.4) is 0 Å². The SMILES string of the molecule is COc1c(C)cc(C(=O)c2coc3ccccc23)cc1C. The van der Waals surface area contributed by atoms with E-state index in [9.17, 15) is 4.79 Å². The van der Waals surface area contributed by atoms with Gasteiger partial charge in [-0.2, -0.15) is 0 Å². The molecule has 0 aliphatic rings. The van der Waals surface area contributed by atoms with E-state index in [1.54, 1.807) is 7.11 Å². The Bertz CT molecular complexity index is 804. The largest absolute Gasteiger partial charge is 0.496 e. The molecule has 0 fully saturated rings. The Morgan fingerprint density at radius 2 is 1.76 bits per heavy atom. The first-order valence-electron chi connectivity index (χ1n) is 6.78. The van der Waals surface area contributed by atoms with Crippen molar-refractivity contribution in [3.05, 3.63) is 64.9 Å². The van der Waals surface area contributed by atoms with E-state index in [0.29, 0.717) is 11.1 Å². The summed E-state index contributed by atoms with van der Waals surface area (Å²) in [5.74, 6) is 0.789. The van der Waals surface area contributed by atoms with Crippen LogP contribution >= 0.6 is 0 Å². The summed E-state index contributed by atoms with van der Waals surface area (Å²) in [7, 11) is 1.64. The van der Waals surface area contributed by atoms with Gasteiger partial charge in [0.25, 0.3) is 0 Å². The lowest BCUT2D eigenvalue weighted by Gasteiger charge is -2.10. The first kappa shape index (κ1) is 13.4. The Morgan fingerprint density at radius 1 is 1.10 bits per heavy atom. The summed E-state index contributed by atoms with van der Waals surface area (Å²) in [6, 6.07) is 11.3. The van der Waals surface area contributed by atoms with Crippen LogP contribution in [0, 0.1) is 13.8 Å². The summed E-state index contributed by atoms with van der Waals surface area (Å²) in [6.45, 7) is 3.88. The zero-order chi connectivity index (χ0) is 15.0. The molecule has 0 saturated carbocycles. The molecule has 3 rings (SSSR count). The lowest BCUT2D eigenvalue weighted by Crippen LogP contribution is -2.03. The summed E-state index contributed by atoms with van der Waals surface area (Å²) in [5, 5.41) is 0.841. The highest BCUT2D eigenvalue weighted by Crippen LogP contribution is 2.28. The summed E-state index contributed by atoms with van der Waals surface area (Å²) in [5.41, 5.74) is 3.87. The van der Waals surface area contributed by atoms with Gasteiger partial charge in [0.05, 0.1) is 12.7 Å². The van der Waals surface area contributed by atoms with Gasteiger partial charge in [0.2, 0.25) is 0 Å². The van der Waals surface area contributed by atoms with Gasteiger partial charge in [-0.25, -0.2) is 0 Å². The van der Waals surface area contributed by atoms with E-state index in [1.165, 1.54) is 6.26 Å². The van der Waals surface area contributed by atoms with Crippen LogP contribution in [0.15, 0.2) is 47.1 Å². The third-order valence-corrected chi connectivity index (χ3v) is 3.65. The average molecular weight is 280 g/mol. The molecule has 0 aliphatic heterocycles. The van der Waals surface area contributed by atoms with Crippen molar-refractivity contribution < 1.29 is 13.9 Å². The molecule has 0 unspecified atom stereocenters. The quantitative estimate of drug-likeness (QED) is 0.672. The summed E-state index contributed by atoms with van der Waals surface area (Å²) in [6.07, 6.45) is 1.53. The molecule has 0 saturated heterocycles. The lowest BCUT2D eigenvalue weighted by atomic mass is 9.98. The minimum atomic E-state index is -0.0335. The van der Waals surface area contributed by atoms with E-state index in [2.05, 4.69) is 0 Å². The Hall–Kier alpha value is -2.55. The summed E-state index contributed by atoms with van der Waals surface area (Å²) in [4.78, 5) is 12.7. The second kappa shape index (κ2) is 5.09. The molecule has 0 atom stereocenters. The molecule has 3 aromatic rings. The monoisotopic (exact) mass is 280 g/mol. The molecule has 0 radical (unpaired) electrons. The van der Waals surface area contributed by atoms with E-state index >= 15 is 0 Å². The number of ketones is 1. The third-order valence-electron chi connectivity index (χ3n) is 3.65. The van der Waals surface area contributed by atoms with Gasteiger partial charge in [-0.3, -0.25) is 4.79 Å². The fourth-order valence-corrected chi connectivity index (χ4v) is 2.71. The maximum absolute atomic E-state index is 12.7. The van der Waals surface area contributed by atoms with E-state index in [1.807, 2.05) is 50.2 Å². The molecule has 3 nitrogen and oxygen atoms in total. The topological polar surface area (TPSA) is 39.4 Å². The smallest absolute Gasteiger partial charge is 0.196 e. The van der Waals surface area contributed by atoms with Gasteiger partial charge in [0.15, 0.2) is 5.78 Å². The van der Waals surface area contributed by atoms with Gasteiger partial charge >= 0.3 is 0 Å². The first-order chi connectivity index (χ1) is 10.1. The van der Waals surface area contributed by atoms with Crippen molar-refractivity contribution in [1.29, 1.82) is 0 Å². The van der Waals surface area contributed by atoms with Crippen LogP contribution in [0.4, 0.5) is 0 Å². The number of carbonyl (C=O) groups is 1. The highest BCUT2D eigenvalue weighted by Gasteiger charge is 2.17. The van der Waals surface area contributed by atoms with Crippen LogP contribution < -0.4 is 4.74 Å². The number of benzene rings is 2. The van der Waals surface area contributed by atoms with Gasteiger partial charge in [-0.1, -0.05) is 18.2 Å². The number of aryl methyl sites for hydroxylation is 2. The molecule has 21 heavy (non-hydrogen) atoms. The minimum absolute atomic E-state index is 0.0335. The van der Waals surface area contributed by atoms with Gasteiger partial charge in [-0.05, 0) is 43.2 Å². The Balaban J connectivity index is 2.10. The van der Waals surface area contributed by atoms with E-state index in [4.69, 9.17) is 9.15 Å². The zero-order valence-electron chi connectivity index (χ0n) is 12.3. The fourth-order valence-electron chi connectivity index (χ4n) is 2.71. The summed E-state index contributed by atoms with van der Waals surface area (Å²) < 4.78 is 10.8. The van der Waals surface area contributed by atoms with Gasteiger partial charge in [0.1, 0.15) is 17.6 Å². The molecule has 1 aromatic heterocycles. The van der Waals surface area contributed by atoms with Crippen LogP contribution in [0.2, 0.25) is 0 Å². The number of furan rings is 1. The Morgan fingerprint density at radius 3 is 2.43 bits per heavy atom. The van der Waals surface area contributed by atoms with Crippen LogP contribution in [0.25, 0.3) is 11.0 Å². The lowest BCUT2D eigenvalue weighted by molar-refractivity contribution is 0.103. The van der Waals surface area contributed by atoms with Crippen molar-refractivity contribution in [2.45, 2.75) is 13.8 Å². The molecule has 0 spiro atoms. The van der Waals surface area contributed by atoms with Crippen LogP contribution in [-0.4, -0.2) is 12.9 Å². The predicted molar refractivity (Wildman–Crippen MR) is 82.1 cm³/mol. The first-order valence-corrected chi connectivity index (χ1v) is 6.78. The molecule has 0 bridgehead atoms. The fraction of sp³-hybridized carbons (Fsp3) is 0.167. The third kappa shape index (κ3) is 2.21. The molecular formula is C18H16O3. The molecule has 0 N–H and O–H groups in total. The number of rotatable bonds is 3. The highest BCUT2D eigenvalue weighted by atomic mass is 16.5. The van der Waals surface area contributed by atoms with Gasteiger partial charge in [0, 0.05) is 10.9 Å². The van der Waals surface area contributed by atoms with Crippen molar-refractivity contribution in [1.82, 2.24) is 0 Å². The van der Waals surface area contributed by atoms with E-state index in [0.717, 1.165) is 27.8 Å². The number of fused-ring (bicyclic) bond motifs is 1. The number of methoxy groups -OCH3 is 1. The van der Waals surface area contributed by atoms with Crippen molar-refractivity contribution in [3.63, 3.8) is 0 Å². The van der Waals surface area contributed by atoms with E-state index < -0.39 is 0 Å². The van der Waals surface area contributed by atoms with Crippen molar-refractivity contribution in [3.8, 4) is 5.75 Å². The highest BCUT2D eigenvalue weighted by molar-refractivity contribution is 6.16. The summed E-state index contributed by atoms with van der Waals surface area (Å²) >= 11 is 0. The zero-order valence-corrected chi connectivity index (χ0v) is 12.3. The normalized spacial score (nSPS) is 10.8. The number of hydrogen-bond acceptors (Lipinski definition) is 3.